The van der Waals surface area contributed by atoms with Crippen molar-refractivity contribution in [3.8, 4) is 16.9 Å². The average Bonchev–Trinajstić information content (AvgIpc) is 2.55. The molecule has 5 nitrogen and oxygen atoms in total. The van der Waals surface area contributed by atoms with Crippen molar-refractivity contribution in [3.05, 3.63) is 42.1 Å². The number of rotatable bonds is 4. The highest BCUT2D eigenvalue weighted by molar-refractivity contribution is 5.89. The van der Waals surface area contributed by atoms with Crippen LogP contribution in [0.4, 0.5) is 11.6 Å². The number of nitrogens with zero attached hydrogens (tertiary/aromatic N) is 2. The molecule has 0 aliphatic heterocycles. The van der Waals surface area contributed by atoms with E-state index in [4.69, 9.17) is 10.5 Å². The minimum atomic E-state index is 0.276. The standard InChI is InChI=1S/C19H22N4O/c1-11(2)22-19-21-10-13-7-16(18(24-4)9-17(13)23-19)15-8-14(20)6-5-12(15)3/h5-11H,20H2,1-4H3,(H,21,22,23). The van der Waals surface area contributed by atoms with Crippen LogP contribution < -0.4 is 15.8 Å². The molecule has 0 bridgehead atoms. The van der Waals surface area contributed by atoms with Crippen molar-refractivity contribution in [3.63, 3.8) is 0 Å². The van der Waals surface area contributed by atoms with Gasteiger partial charge < -0.3 is 15.8 Å². The maximum Gasteiger partial charge on any atom is 0.223 e. The number of nitrogens with two attached hydrogens (primary N) is 1. The molecule has 0 atom stereocenters. The highest BCUT2D eigenvalue weighted by atomic mass is 16.5. The summed E-state index contributed by atoms with van der Waals surface area (Å²) in [5, 5.41) is 4.18. The molecule has 3 rings (SSSR count). The second kappa shape index (κ2) is 6.35. The summed E-state index contributed by atoms with van der Waals surface area (Å²) in [6, 6.07) is 10.2. The summed E-state index contributed by atoms with van der Waals surface area (Å²) in [6.45, 7) is 6.17. The third-order valence-electron chi connectivity index (χ3n) is 3.87. The number of ether oxygens (including phenoxy) is 1. The van der Waals surface area contributed by atoms with Crippen LogP contribution in [0.5, 0.6) is 5.75 Å². The molecule has 1 heterocycles. The van der Waals surface area contributed by atoms with Crippen molar-refractivity contribution in [1.82, 2.24) is 9.97 Å². The third kappa shape index (κ3) is 3.11. The van der Waals surface area contributed by atoms with E-state index in [-0.39, 0.29) is 6.04 Å². The molecule has 0 fully saturated rings. The molecule has 0 aliphatic carbocycles. The molecule has 0 amide bonds. The van der Waals surface area contributed by atoms with Crippen LogP contribution in [0.3, 0.4) is 0 Å². The summed E-state index contributed by atoms with van der Waals surface area (Å²) in [6.07, 6.45) is 1.83. The fourth-order valence-corrected chi connectivity index (χ4v) is 2.70. The van der Waals surface area contributed by atoms with Gasteiger partial charge in [-0.1, -0.05) is 6.07 Å². The first-order valence-corrected chi connectivity index (χ1v) is 7.95. The summed E-state index contributed by atoms with van der Waals surface area (Å²) in [7, 11) is 1.67. The normalized spacial score (nSPS) is 11.0. The summed E-state index contributed by atoms with van der Waals surface area (Å²) < 4.78 is 5.60. The molecule has 124 valence electrons. The number of nitrogens with one attached hydrogen (secondary N) is 1. The summed E-state index contributed by atoms with van der Waals surface area (Å²) in [5.41, 5.74) is 10.7. The predicted molar refractivity (Wildman–Crippen MR) is 99.4 cm³/mol. The molecular weight excluding hydrogens is 300 g/mol. The maximum absolute atomic E-state index is 5.96. The Morgan fingerprint density at radius 2 is 1.92 bits per heavy atom. The zero-order valence-electron chi connectivity index (χ0n) is 14.4. The third-order valence-corrected chi connectivity index (χ3v) is 3.87. The Hall–Kier alpha value is -2.82. The van der Waals surface area contributed by atoms with Gasteiger partial charge >= 0.3 is 0 Å². The predicted octanol–water partition coefficient (Wildman–Crippen LogP) is 4.02. The van der Waals surface area contributed by atoms with Gasteiger partial charge in [0.2, 0.25) is 5.95 Å². The Morgan fingerprint density at radius 3 is 2.62 bits per heavy atom. The van der Waals surface area contributed by atoms with Crippen molar-refractivity contribution in [2.24, 2.45) is 0 Å². The average molecular weight is 322 g/mol. The Labute approximate surface area is 141 Å². The monoisotopic (exact) mass is 322 g/mol. The fourth-order valence-electron chi connectivity index (χ4n) is 2.70. The highest BCUT2D eigenvalue weighted by Gasteiger charge is 2.12. The molecule has 0 spiro atoms. The fraction of sp³-hybridized carbons (Fsp3) is 0.263. The van der Waals surface area contributed by atoms with E-state index in [0.717, 1.165) is 39.0 Å². The van der Waals surface area contributed by atoms with Gasteiger partial charge in [-0.2, -0.15) is 0 Å². The first kappa shape index (κ1) is 16.1. The van der Waals surface area contributed by atoms with Crippen LogP contribution in [0.1, 0.15) is 19.4 Å². The Morgan fingerprint density at radius 1 is 1.12 bits per heavy atom. The van der Waals surface area contributed by atoms with Crippen LogP contribution in [0.15, 0.2) is 36.5 Å². The van der Waals surface area contributed by atoms with Gasteiger partial charge in [0.05, 0.1) is 12.6 Å². The van der Waals surface area contributed by atoms with Gasteiger partial charge in [-0.25, -0.2) is 9.97 Å². The van der Waals surface area contributed by atoms with E-state index >= 15 is 0 Å². The number of fused-ring (bicyclic) bond motifs is 1. The maximum atomic E-state index is 5.96. The number of benzene rings is 2. The quantitative estimate of drug-likeness (QED) is 0.710. The second-order valence-electron chi connectivity index (χ2n) is 6.18. The number of hydrogen-bond acceptors (Lipinski definition) is 5. The highest BCUT2D eigenvalue weighted by Crippen LogP contribution is 2.36. The molecule has 24 heavy (non-hydrogen) atoms. The minimum absolute atomic E-state index is 0.276. The van der Waals surface area contributed by atoms with Gasteiger partial charge in [0.25, 0.3) is 0 Å². The van der Waals surface area contributed by atoms with Crippen molar-refractivity contribution < 1.29 is 4.74 Å². The van der Waals surface area contributed by atoms with Crippen LogP contribution in [0.2, 0.25) is 0 Å². The molecule has 2 aromatic carbocycles. The van der Waals surface area contributed by atoms with Crippen LogP contribution in [-0.2, 0) is 0 Å². The smallest absolute Gasteiger partial charge is 0.223 e. The van der Waals surface area contributed by atoms with E-state index < -0.39 is 0 Å². The van der Waals surface area contributed by atoms with Crippen molar-refractivity contribution >= 4 is 22.5 Å². The molecule has 3 N–H and O–H groups in total. The van der Waals surface area contributed by atoms with Gasteiger partial charge in [-0.3, -0.25) is 0 Å². The van der Waals surface area contributed by atoms with Crippen LogP contribution in [0.25, 0.3) is 22.0 Å². The van der Waals surface area contributed by atoms with Gasteiger partial charge in [0.1, 0.15) is 5.75 Å². The first-order valence-electron chi connectivity index (χ1n) is 7.95. The first-order chi connectivity index (χ1) is 11.5. The zero-order valence-corrected chi connectivity index (χ0v) is 14.4. The van der Waals surface area contributed by atoms with E-state index in [9.17, 15) is 0 Å². The lowest BCUT2D eigenvalue weighted by Crippen LogP contribution is -2.12. The Balaban J connectivity index is 2.17. The molecule has 0 radical (unpaired) electrons. The van der Waals surface area contributed by atoms with Crippen molar-refractivity contribution in [1.29, 1.82) is 0 Å². The van der Waals surface area contributed by atoms with Crippen LogP contribution in [0, 0.1) is 6.92 Å². The number of aromatic nitrogens is 2. The largest absolute Gasteiger partial charge is 0.496 e. The number of anilines is 2. The Bertz CT molecular complexity index is 890. The lowest BCUT2D eigenvalue weighted by atomic mass is 9.97. The molecule has 0 unspecified atom stereocenters. The Kier molecular flexibility index (Phi) is 4.25. The van der Waals surface area contributed by atoms with Crippen molar-refractivity contribution in [2.45, 2.75) is 26.8 Å². The number of methoxy groups -OCH3 is 1. The lowest BCUT2D eigenvalue weighted by Gasteiger charge is -2.14. The van der Waals surface area contributed by atoms with E-state index in [1.807, 2.05) is 30.5 Å². The van der Waals surface area contributed by atoms with Crippen molar-refractivity contribution in [2.75, 3.05) is 18.2 Å². The van der Waals surface area contributed by atoms with Crippen LogP contribution in [-0.4, -0.2) is 23.1 Å². The molecule has 1 aromatic heterocycles. The summed E-state index contributed by atoms with van der Waals surface area (Å²) >= 11 is 0. The van der Waals surface area contributed by atoms with Gasteiger partial charge in [-0.15, -0.1) is 0 Å². The molecule has 3 aromatic rings. The van der Waals surface area contributed by atoms with Gasteiger partial charge in [0, 0.05) is 34.9 Å². The van der Waals surface area contributed by atoms with Crippen LogP contribution >= 0.6 is 0 Å². The topological polar surface area (TPSA) is 73.1 Å². The van der Waals surface area contributed by atoms with Gasteiger partial charge in [0.15, 0.2) is 0 Å². The van der Waals surface area contributed by atoms with E-state index in [1.54, 1.807) is 7.11 Å². The molecule has 0 aliphatic rings. The van der Waals surface area contributed by atoms with E-state index in [1.165, 1.54) is 0 Å². The summed E-state index contributed by atoms with van der Waals surface area (Å²) in [4.78, 5) is 8.96. The van der Waals surface area contributed by atoms with E-state index in [2.05, 4.69) is 42.1 Å². The molecule has 5 heteroatoms. The number of aryl methyl sites for hydroxylation is 1. The minimum Gasteiger partial charge on any atom is -0.496 e. The number of hydrogen-bond donors (Lipinski definition) is 2. The molecule has 0 saturated heterocycles. The van der Waals surface area contributed by atoms with E-state index in [0.29, 0.717) is 5.95 Å². The molecular formula is C19H22N4O. The zero-order chi connectivity index (χ0) is 17.3. The second-order valence-corrected chi connectivity index (χ2v) is 6.18. The number of nitrogen functional groups attached to an aromatic ring is 1. The molecule has 0 saturated carbocycles. The lowest BCUT2D eigenvalue weighted by molar-refractivity contribution is 0.417. The SMILES string of the molecule is COc1cc2nc(NC(C)C)ncc2cc1-c1cc(N)ccc1C. The summed E-state index contributed by atoms with van der Waals surface area (Å²) in [5.74, 6) is 1.39. The van der Waals surface area contributed by atoms with Gasteiger partial charge in [-0.05, 0) is 50.1 Å².